The summed E-state index contributed by atoms with van der Waals surface area (Å²) in [6, 6.07) is 0. The number of rotatable bonds is 3. The van der Waals surface area contributed by atoms with E-state index in [1.807, 2.05) is 18.8 Å². The Bertz CT molecular complexity index is 401. The number of alkyl halides is 2. The van der Waals surface area contributed by atoms with Gasteiger partial charge in [0.1, 0.15) is 0 Å². The van der Waals surface area contributed by atoms with E-state index in [2.05, 4.69) is 13.2 Å². The standard InChI is InChI=1S/C12H19I2O3P/c1-4-6-12(5-2)11-9(7-17-8-10(11)15)13-18(3,16)14-12/h4-5,9-11,15H,1-2,6-8H2,3H3/q-2. The number of aliphatic hydroxyl groups is 1. The van der Waals surface area contributed by atoms with Gasteiger partial charge in [-0.05, 0) is 0 Å². The van der Waals surface area contributed by atoms with Crippen molar-refractivity contribution in [3.05, 3.63) is 25.3 Å². The molecule has 2 saturated heterocycles. The monoisotopic (exact) mass is 496 g/mol. The third kappa shape index (κ3) is 2.90. The van der Waals surface area contributed by atoms with Crippen molar-refractivity contribution in [2.24, 2.45) is 5.92 Å². The molecule has 2 aliphatic rings. The SMILES string of the molecule is C=CCC1(C=C)[I-]P(C)(=O)[I-]C2COCC(O)C21. The Morgan fingerprint density at radius 2 is 2.28 bits per heavy atom. The van der Waals surface area contributed by atoms with Gasteiger partial charge < -0.3 is 0 Å². The molecule has 0 saturated carbocycles. The van der Waals surface area contributed by atoms with Crippen molar-refractivity contribution in [1.29, 1.82) is 0 Å². The van der Waals surface area contributed by atoms with Crippen LogP contribution < -0.4 is 41.3 Å². The normalized spacial score (nSPS) is 49.1. The van der Waals surface area contributed by atoms with E-state index >= 15 is 0 Å². The zero-order valence-electron chi connectivity index (χ0n) is 10.4. The maximum atomic E-state index is 12.7. The second-order valence-electron chi connectivity index (χ2n) is 4.67. The molecule has 6 heteroatoms. The van der Waals surface area contributed by atoms with Crippen LogP contribution in [0, 0.1) is 5.92 Å². The van der Waals surface area contributed by atoms with Crippen molar-refractivity contribution < 1.29 is 55.7 Å². The summed E-state index contributed by atoms with van der Waals surface area (Å²) in [6.07, 6.45) is 4.22. The topological polar surface area (TPSA) is 46.5 Å². The molecular weight excluding hydrogens is 477 g/mol. The third-order valence-corrected chi connectivity index (χ3v) is 25.6. The van der Waals surface area contributed by atoms with Crippen LogP contribution in [0.1, 0.15) is 6.42 Å². The molecule has 2 aliphatic heterocycles. The number of allylic oxidation sites excluding steroid dienone is 2. The van der Waals surface area contributed by atoms with Crippen molar-refractivity contribution >= 4 is 2.43 Å². The van der Waals surface area contributed by atoms with Gasteiger partial charge in [-0.15, -0.1) is 0 Å². The first-order valence-electron chi connectivity index (χ1n) is 5.85. The summed E-state index contributed by atoms with van der Waals surface area (Å²) in [5, 5.41) is 10.3. The summed E-state index contributed by atoms with van der Waals surface area (Å²) in [7, 11) is 0. The summed E-state index contributed by atoms with van der Waals surface area (Å²) in [5.74, 6) is 0.198. The van der Waals surface area contributed by atoms with Crippen molar-refractivity contribution in [1.82, 2.24) is 0 Å². The van der Waals surface area contributed by atoms with Gasteiger partial charge in [-0.1, -0.05) is 0 Å². The van der Waals surface area contributed by atoms with E-state index in [1.165, 1.54) is 0 Å². The predicted octanol–water partition coefficient (Wildman–Crippen LogP) is -4.12. The Labute approximate surface area is 128 Å². The van der Waals surface area contributed by atoms with Gasteiger partial charge in [0.15, 0.2) is 0 Å². The minimum absolute atomic E-state index is 0.142. The fourth-order valence-electron chi connectivity index (χ4n) is 2.68. The molecule has 0 aromatic carbocycles. The molecular formula is C12H19I2O3P-2. The van der Waals surface area contributed by atoms with E-state index in [0.717, 1.165) is 6.42 Å². The van der Waals surface area contributed by atoms with Gasteiger partial charge in [-0.25, -0.2) is 0 Å². The summed E-state index contributed by atoms with van der Waals surface area (Å²) in [6.45, 7) is 10.9. The molecule has 2 rings (SSSR count). The average Bonchev–Trinajstić information content (AvgIpc) is 2.27. The molecule has 5 atom stereocenters. The predicted molar refractivity (Wildman–Crippen MR) is 65.4 cm³/mol. The van der Waals surface area contributed by atoms with Crippen molar-refractivity contribution in [3.8, 4) is 0 Å². The van der Waals surface area contributed by atoms with E-state index in [4.69, 9.17) is 4.74 Å². The minimum atomic E-state index is -1.96. The van der Waals surface area contributed by atoms with Gasteiger partial charge in [0.2, 0.25) is 0 Å². The summed E-state index contributed by atoms with van der Waals surface area (Å²) in [5.41, 5.74) is 0. The van der Waals surface area contributed by atoms with Crippen molar-refractivity contribution in [2.75, 3.05) is 19.9 Å². The number of ether oxygens (including phenoxy) is 1. The molecule has 3 nitrogen and oxygen atoms in total. The van der Waals surface area contributed by atoms with E-state index in [9.17, 15) is 9.67 Å². The quantitative estimate of drug-likeness (QED) is 0.187. The zero-order valence-corrected chi connectivity index (χ0v) is 15.6. The van der Waals surface area contributed by atoms with Crippen LogP contribution in [0.15, 0.2) is 25.3 Å². The molecule has 0 aliphatic carbocycles. The second-order valence-corrected chi connectivity index (χ2v) is 29.8. The number of aliphatic hydroxyl groups excluding tert-OH is 1. The van der Waals surface area contributed by atoms with Crippen LogP contribution in [-0.2, 0) is 9.30 Å². The molecule has 0 aromatic heterocycles. The number of hydrogen-bond acceptors (Lipinski definition) is 3. The van der Waals surface area contributed by atoms with E-state index in [1.54, 1.807) is 0 Å². The van der Waals surface area contributed by atoms with Gasteiger partial charge in [-0.3, -0.25) is 0 Å². The second kappa shape index (κ2) is 5.84. The van der Waals surface area contributed by atoms with Crippen LogP contribution in [-0.4, -0.2) is 38.4 Å². The Kier molecular flexibility index (Phi) is 5.02. The van der Waals surface area contributed by atoms with Gasteiger partial charge in [-0.2, -0.15) is 0 Å². The Morgan fingerprint density at radius 1 is 1.56 bits per heavy atom. The van der Waals surface area contributed by atoms with Crippen molar-refractivity contribution in [3.63, 3.8) is 0 Å². The van der Waals surface area contributed by atoms with Crippen LogP contribution >= 0.6 is 2.43 Å². The van der Waals surface area contributed by atoms with Gasteiger partial charge in [0.25, 0.3) is 0 Å². The number of halogens is 2. The van der Waals surface area contributed by atoms with Gasteiger partial charge >= 0.3 is 129 Å². The van der Waals surface area contributed by atoms with Crippen LogP contribution in [0.4, 0.5) is 0 Å². The molecule has 1 N–H and O–H groups in total. The Morgan fingerprint density at radius 3 is 2.89 bits per heavy atom. The summed E-state index contributed by atoms with van der Waals surface area (Å²) >= 11 is -0.824. The summed E-state index contributed by atoms with van der Waals surface area (Å²) in [4.78, 5) is 0. The molecule has 2 fully saturated rings. The van der Waals surface area contributed by atoms with Gasteiger partial charge in [0.05, 0.1) is 0 Å². The van der Waals surface area contributed by atoms with Crippen LogP contribution in [0.25, 0.3) is 0 Å². The molecule has 0 spiro atoms. The molecule has 5 unspecified atom stereocenters. The Balaban J connectivity index is 2.41. The maximum absolute atomic E-state index is 12.7. The fraction of sp³-hybridized carbons (Fsp3) is 0.667. The first-order chi connectivity index (χ1) is 8.44. The molecule has 0 amide bonds. The molecule has 0 aromatic rings. The zero-order chi connectivity index (χ0) is 13.4. The van der Waals surface area contributed by atoms with E-state index in [-0.39, 0.29) is 30.0 Å². The molecule has 106 valence electrons. The molecule has 18 heavy (non-hydrogen) atoms. The first kappa shape index (κ1) is 15.5. The van der Waals surface area contributed by atoms with E-state index in [0.29, 0.717) is 17.1 Å². The van der Waals surface area contributed by atoms with Crippen molar-refractivity contribution in [2.45, 2.75) is 19.9 Å². The van der Waals surface area contributed by atoms with Crippen LogP contribution in [0.5, 0.6) is 0 Å². The molecule has 2 heterocycles. The van der Waals surface area contributed by atoms with Crippen LogP contribution in [0.3, 0.4) is 0 Å². The molecule has 0 radical (unpaired) electrons. The van der Waals surface area contributed by atoms with Gasteiger partial charge in [0, 0.05) is 0 Å². The average molecular weight is 496 g/mol. The summed E-state index contributed by atoms with van der Waals surface area (Å²) < 4.78 is 16.4. The number of fused-ring (bicyclic) bond motifs is 1. The third-order valence-electron chi connectivity index (χ3n) is 3.33. The van der Waals surface area contributed by atoms with E-state index < -0.39 is 29.2 Å². The fourth-order valence-corrected chi connectivity index (χ4v) is 34.4. The van der Waals surface area contributed by atoms with Crippen LogP contribution in [0.2, 0.25) is 0 Å². The molecule has 0 bridgehead atoms. The first-order valence-corrected chi connectivity index (χ1v) is 15.9. The number of hydrogen-bond donors (Lipinski definition) is 1. The Hall–Kier alpha value is 1.09.